The van der Waals surface area contributed by atoms with Gasteiger partial charge in [0.05, 0.1) is 11.5 Å². The Morgan fingerprint density at radius 3 is 2.40 bits per heavy atom. The minimum atomic E-state index is -2.73. The van der Waals surface area contributed by atoms with Crippen molar-refractivity contribution in [1.82, 2.24) is 5.32 Å². The molecule has 1 saturated heterocycles. The summed E-state index contributed by atoms with van der Waals surface area (Å²) in [5.74, 6) is 1.42. The molecule has 90 valence electrons. The number of rotatable bonds is 5. The van der Waals surface area contributed by atoms with E-state index in [1.165, 1.54) is 6.42 Å². The molecule has 0 aliphatic carbocycles. The lowest BCUT2D eigenvalue weighted by Crippen LogP contribution is -2.37. The molecule has 1 fully saturated rings. The average Bonchev–Trinajstić information content (AvgIpc) is 2.42. The third-order valence-corrected chi connectivity index (χ3v) is 4.70. The molecular formula is C11H23NO2S. The van der Waals surface area contributed by atoms with Crippen molar-refractivity contribution in [2.24, 2.45) is 5.92 Å². The van der Waals surface area contributed by atoms with E-state index in [1.54, 1.807) is 0 Å². The van der Waals surface area contributed by atoms with Crippen LogP contribution in [0.5, 0.6) is 0 Å². The molecule has 4 heteroatoms. The van der Waals surface area contributed by atoms with Gasteiger partial charge in [-0.15, -0.1) is 0 Å². The highest BCUT2D eigenvalue weighted by molar-refractivity contribution is 7.91. The van der Waals surface area contributed by atoms with Gasteiger partial charge in [0, 0.05) is 12.1 Å². The van der Waals surface area contributed by atoms with Crippen molar-refractivity contribution in [3.05, 3.63) is 0 Å². The van der Waals surface area contributed by atoms with Gasteiger partial charge in [0.1, 0.15) is 0 Å². The highest BCUT2D eigenvalue weighted by atomic mass is 32.2. The molecule has 0 unspecified atom stereocenters. The first-order chi connectivity index (χ1) is 6.89. The predicted molar refractivity (Wildman–Crippen MR) is 63.7 cm³/mol. The van der Waals surface area contributed by atoms with Gasteiger partial charge in [-0.05, 0) is 32.1 Å². The van der Waals surface area contributed by atoms with Crippen molar-refractivity contribution >= 4 is 9.84 Å². The van der Waals surface area contributed by atoms with Crippen LogP contribution in [0.25, 0.3) is 0 Å². The van der Waals surface area contributed by atoms with Crippen molar-refractivity contribution in [3.8, 4) is 0 Å². The molecule has 0 amide bonds. The Bertz CT molecular complexity index is 285. The Hall–Kier alpha value is -0.0900. The molecule has 0 aromatic carbocycles. The predicted octanol–water partition coefficient (Wildman–Crippen LogP) is 1.59. The fraction of sp³-hybridized carbons (Fsp3) is 1.00. The van der Waals surface area contributed by atoms with E-state index in [0.29, 0.717) is 17.5 Å². The molecule has 0 saturated carbocycles. The van der Waals surface area contributed by atoms with E-state index in [2.05, 4.69) is 26.1 Å². The number of hydrogen-bond donors (Lipinski definition) is 1. The molecule has 0 bridgehead atoms. The molecule has 1 rings (SSSR count). The Morgan fingerprint density at radius 1 is 1.27 bits per heavy atom. The van der Waals surface area contributed by atoms with E-state index in [9.17, 15) is 8.42 Å². The van der Waals surface area contributed by atoms with Gasteiger partial charge in [0.15, 0.2) is 9.84 Å². The average molecular weight is 233 g/mol. The molecule has 2 atom stereocenters. The van der Waals surface area contributed by atoms with Crippen molar-refractivity contribution < 1.29 is 8.42 Å². The topological polar surface area (TPSA) is 46.2 Å². The van der Waals surface area contributed by atoms with Gasteiger partial charge in [-0.3, -0.25) is 0 Å². The summed E-state index contributed by atoms with van der Waals surface area (Å²) in [5, 5.41) is 3.41. The van der Waals surface area contributed by atoms with Gasteiger partial charge in [-0.1, -0.05) is 13.8 Å². The van der Waals surface area contributed by atoms with E-state index in [1.807, 2.05) is 0 Å². The number of hydrogen-bond acceptors (Lipinski definition) is 3. The minimum Gasteiger partial charge on any atom is -0.310 e. The lowest BCUT2D eigenvalue weighted by atomic mass is 10.0. The Labute approximate surface area is 93.6 Å². The van der Waals surface area contributed by atoms with Crippen LogP contribution < -0.4 is 5.32 Å². The van der Waals surface area contributed by atoms with E-state index in [4.69, 9.17) is 0 Å². The van der Waals surface area contributed by atoms with Crippen LogP contribution in [-0.2, 0) is 9.84 Å². The van der Waals surface area contributed by atoms with Crippen LogP contribution in [0.15, 0.2) is 0 Å². The number of sulfone groups is 1. The van der Waals surface area contributed by atoms with Crippen molar-refractivity contribution in [1.29, 1.82) is 0 Å². The quantitative estimate of drug-likeness (QED) is 0.784. The van der Waals surface area contributed by atoms with E-state index >= 15 is 0 Å². The molecule has 15 heavy (non-hydrogen) atoms. The highest BCUT2D eigenvalue weighted by Gasteiger charge is 2.28. The summed E-state index contributed by atoms with van der Waals surface area (Å²) < 4.78 is 22.5. The summed E-state index contributed by atoms with van der Waals surface area (Å²) in [6.07, 6.45) is 3.12. The van der Waals surface area contributed by atoms with Gasteiger partial charge in [0.2, 0.25) is 0 Å². The fourth-order valence-electron chi connectivity index (χ4n) is 2.00. The Balaban J connectivity index is 2.24. The van der Waals surface area contributed by atoms with Crippen LogP contribution >= 0.6 is 0 Å². The molecule has 1 aliphatic rings. The zero-order valence-electron chi connectivity index (χ0n) is 9.99. The SMILES string of the molecule is CC(C)CC[C@@H](C)N[C@H]1CCS(=O)(=O)C1. The summed E-state index contributed by atoms with van der Waals surface area (Å²) >= 11 is 0. The third kappa shape index (κ3) is 4.98. The smallest absolute Gasteiger partial charge is 0.151 e. The van der Waals surface area contributed by atoms with Crippen LogP contribution in [0.1, 0.15) is 40.0 Å². The number of nitrogens with one attached hydrogen (secondary N) is 1. The second kappa shape index (κ2) is 5.30. The van der Waals surface area contributed by atoms with E-state index < -0.39 is 9.84 Å². The summed E-state index contributed by atoms with van der Waals surface area (Å²) in [7, 11) is -2.73. The minimum absolute atomic E-state index is 0.192. The van der Waals surface area contributed by atoms with Gasteiger partial charge >= 0.3 is 0 Å². The normalized spacial score (nSPS) is 27.1. The van der Waals surface area contributed by atoms with Crippen LogP contribution in [-0.4, -0.2) is 32.0 Å². The van der Waals surface area contributed by atoms with E-state index in [0.717, 1.165) is 18.8 Å². The zero-order valence-corrected chi connectivity index (χ0v) is 10.8. The standard InChI is InChI=1S/C11H23NO2S/c1-9(2)4-5-10(3)12-11-6-7-15(13,14)8-11/h9-12H,4-8H2,1-3H3/t10-,11+/m1/s1. The maximum absolute atomic E-state index is 11.2. The van der Waals surface area contributed by atoms with Gasteiger partial charge in [-0.2, -0.15) is 0 Å². The van der Waals surface area contributed by atoms with Crippen LogP contribution in [0.4, 0.5) is 0 Å². The van der Waals surface area contributed by atoms with E-state index in [-0.39, 0.29) is 6.04 Å². The summed E-state index contributed by atoms with van der Waals surface area (Å²) in [6.45, 7) is 6.58. The molecule has 1 heterocycles. The molecule has 1 aliphatic heterocycles. The fourth-order valence-corrected chi connectivity index (χ4v) is 3.68. The molecule has 1 N–H and O–H groups in total. The first-order valence-electron chi connectivity index (χ1n) is 5.85. The van der Waals surface area contributed by atoms with Crippen LogP contribution in [0, 0.1) is 5.92 Å². The van der Waals surface area contributed by atoms with Crippen molar-refractivity contribution in [2.45, 2.75) is 52.1 Å². The van der Waals surface area contributed by atoms with Crippen LogP contribution in [0.2, 0.25) is 0 Å². The molecule has 3 nitrogen and oxygen atoms in total. The summed E-state index contributed by atoms with van der Waals surface area (Å²) in [6, 6.07) is 0.628. The monoisotopic (exact) mass is 233 g/mol. The zero-order chi connectivity index (χ0) is 11.5. The second-order valence-electron chi connectivity index (χ2n) is 5.14. The van der Waals surface area contributed by atoms with Gasteiger partial charge < -0.3 is 5.32 Å². The van der Waals surface area contributed by atoms with Crippen LogP contribution in [0.3, 0.4) is 0 Å². The lowest BCUT2D eigenvalue weighted by molar-refractivity contribution is 0.414. The lowest BCUT2D eigenvalue weighted by Gasteiger charge is -2.19. The molecular weight excluding hydrogens is 210 g/mol. The van der Waals surface area contributed by atoms with Gasteiger partial charge in [-0.25, -0.2) is 8.42 Å². The van der Waals surface area contributed by atoms with Gasteiger partial charge in [0.25, 0.3) is 0 Å². The molecule has 0 radical (unpaired) electrons. The highest BCUT2D eigenvalue weighted by Crippen LogP contribution is 2.14. The molecule has 0 aromatic heterocycles. The third-order valence-electron chi connectivity index (χ3n) is 2.93. The maximum Gasteiger partial charge on any atom is 0.151 e. The van der Waals surface area contributed by atoms with Crippen molar-refractivity contribution in [3.63, 3.8) is 0 Å². The molecule has 0 spiro atoms. The molecule has 0 aromatic rings. The summed E-state index contributed by atoms with van der Waals surface area (Å²) in [5.41, 5.74) is 0. The second-order valence-corrected chi connectivity index (χ2v) is 7.37. The largest absolute Gasteiger partial charge is 0.310 e. The Morgan fingerprint density at radius 2 is 1.93 bits per heavy atom. The first-order valence-corrected chi connectivity index (χ1v) is 7.67. The first kappa shape index (κ1) is 13.0. The van der Waals surface area contributed by atoms with Crippen molar-refractivity contribution in [2.75, 3.05) is 11.5 Å². The maximum atomic E-state index is 11.2. The Kier molecular flexibility index (Phi) is 4.59. The summed E-state index contributed by atoms with van der Waals surface area (Å²) in [4.78, 5) is 0.